The summed E-state index contributed by atoms with van der Waals surface area (Å²) in [4.78, 5) is 27.2. The number of nitrogens with one attached hydrogen (secondary N) is 1. The normalized spacial score (nSPS) is 15.9. The SMILES string of the molecule is O=C(Cc1cnn(-c2ccccc2)c1)NCCN1C(=O)/C(=C\c2ccc3c(c2)OCO3)SC1=S. The molecular formula is C24H20N4O4S2. The van der Waals surface area contributed by atoms with Crippen molar-refractivity contribution in [3.8, 4) is 17.2 Å². The highest BCUT2D eigenvalue weighted by molar-refractivity contribution is 8.26. The summed E-state index contributed by atoms with van der Waals surface area (Å²) in [6.07, 6.45) is 5.49. The van der Waals surface area contributed by atoms with E-state index in [0.29, 0.717) is 33.8 Å². The van der Waals surface area contributed by atoms with Crippen molar-refractivity contribution in [2.45, 2.75) is 6.42 Å². The number of fused-ring (bicyclic) bond motifs is 1. The van der Waals surface area contributed by atoms with Crippen molar-refractivity contribution in [3.63, 3.8) is 0 Å². The molecule has 2 amide bonds. The molecular weight excluding hydrogens is 472 g/mol. The smallest absolute Gasteiger partial charge is 0.266 e. The maximum absolute atomic E-state index is 12.8. The zero-order chi connectivity index (χ0) is 23.5. The number of carbonyl (C=O) groups is 2. The number of para-hydroxylation sites is 1. The van der Waals surface area contributed by atoms with Crippen molar-refractivity contribution in [1.82, 2.24) is 20.0 Å². The van der Waals surface area contributed by atoms with E-state index in [1.165, 1.54) is 16.7 Å². The third-order valence-electron chi connectivity index (χ3n) is 5.25. The van der Waals surface area contributed by atoms with Crippen molar-refractivity contribution in [1.29, 1.82) is 0 Å². The van der Waals surface area contributed by atoms with Gasteiger partial charge in [0.05, 0.1) is 23.2 Å². The largest absolute Gasteiger partial charge is 0.454 e. The predicted octanol–water partition coefficient (Wildman–Crippen LogP) is 3.16. The van der Waals surface area contributed by atoms with Gasteiger partial charge >= 0.3 is 0 Å². The fraction of sp³-hybridized carbons (Fsp3) is 0.167. The number of amides is 2. The van der Waals surface area contributed by atoms with E-state index in [1.54, 1.807) is 17.0 Å². The molecule has 3 aromatic rings. The molecule has 0 radical (unpaired) electrons. The molecule has 5 rings (SSSR count). The van der Waals surface area contributed by atoms with Crippen LogP contribution in [0.4, 0.5) is 0 Å². The van der Waals surface area contributed by atoms with Crippen LogP contribution in [-0.2, 0) is 16.0 Å². The van der Waals surface area contributed by atoms with Gasteiger partial charge in [-0.3, -0.25) is 14.5 Å². The van der Waals surface area contributed by atoms with Gasteiger partial charge in [0.2, 0.25) is 12.7 Å². The van der Waals surface area contributed by atoms with Crippen LogP contribution in [0.15, 0.2) is 65.8 Å². The van der Waals surface area contributed by atoms with E-state index in [1.807, 2.05) is 54.7 Å². The topological polar surface area (TPSA) is 85.7 Å². The van der Waals surface area contributed by atoms with Crippen LogP contribution in [0.1, 0.15) is 11.1 Å². The summed E-state index contributed by atoms with van der Waals surface area (Å²) in [6.45, 7) is 0.801. The number of rotatable bonds is 7. The summed E-state index contributed by atoms with van der Waals surface area (Å²) in [5.41, 5.74) is 2.56. The molecule has 0 atom stereocenters. The zero-order valence-corrected chi connectivity index (χ0v) is 19.6. The summed E-state index contributed by atoms with van der Waals surface area (Å²) in [5.74, 6) is 1.02. The van der Waals surface area contributed by atoms with Crippen LogP contribution in [0.25, 0.3) is 11.8 Å². The summed E-state index contributed by atoms with van der Waals surface area (Å²) in [7, 11) is 0. The number of benzene rings is 2. The average Bonchev–Trinajstić information content (AvgIpc) is 3.56. The van der Waals surface area contributed by atoms with Crippen LogP contribution < -0.4 is 14.8 Å². The average molecular weight is 493 g/mol. The number of thioether (sulfide) groups is 1. The van der Waals surface area contributed by atoms with Crippen molar-refractivity contribution < 1.29 is 19.1 Å². The lowest BCUT2D eigenvalue weighted by molar-refractivity contribution is -0.123. The number of thiocarbonyl (C=S) groups is 1. The van der Waals surface area contributed by atoms with E-state index >= 15 is 0 Å². The Morgan fingerprint density at radius 1 is 1.18 bits per heavy atom. The van der Waals surface area contributed by atoms with Crippen LogP contribution in [0.5, 0.6) is 11.5 Å². The van der Waals surface area contributed by atoms with Crippen LogP contribution in [0.3, 0.4) is 0 Å². The summed E-state index contributed by atoms with van der Waals surface area (Å²) in [5, 5.41) is 7.16. The van der Waals surface area contributed by atoms with Crippen molar-refractivity contribution in [2.24, 2.45) is 0 Å². The first-order valence-corrected chi connectivity index (χ1v) is 11.8. The van der Waals surface area contributed by atoms with Crippen LogP contribution in [-0.4, -0.2) is 50.7 Å². The van der Waals surface area contributed by atoms with Gasteiger partial charge in [-0.15, -0.1) is 0 Å². The minimum atomic E-state index is -0.175. The second-order valence-electron chi connectivity index (χ2n) is 7.60. The first-order valence-electron chi connectivity index (χ1n) is 10.6. The Kier molecular flexibility index (Phi) is 6.33. The van der Waals surface area contributed by atoms with Crippen LogP contribution in [0, 0.1) is 0 Å². The molecule has 0 unspecified atom stereocenters. The van der Waals surface area contributed by atoms with E-state index < -0.39 is 0 Å². The van der Waals surface area contributed by atoms with Gasteiger partial charge in [-0.1, -0.05) is 48.2 Å². The minimum Gasteiger partial charge on any atom is -0.454 e. The molecule has 172 valence electrons. The Labute approximate surface area is 205 Å². The van der Waals surface area contributed by atoms with Crippen LogP contribution in [0.2, 0.25) is 0 Å². The van der Waals surface area contributed by atoms with E-state index in [0.717, 1.165) is 16.8 Å². The molecule has 3 heterocycles. The summed E-state index contributed by atoms with van der Waals surface area (Å²) >= 11 is 6.63. The number of aromatic nitrogens is 2. The Hall–Kier alpha value is -3.63. The molecule has 1 aromatic heterocycles. The molecule has 0 spiro atoms. The first-order chi connectivity index (χ1) is 16.6. The maximum Gasteiger partial charge on any atom is 0.266 e. The molecule has 2 aromatic carbocycles. The lowest BCUT2D eigenvalue weighted by Crippen LogP contribution is -2.37. The summed E-state index contributed by atoms with van der Waals surface area (Å²) in [6, 6.07) is 15.2. The van der Waals surface area contributed by atoms with Crippen molar-refractivity contribution in [2.75, 3.05) is 19.9 Å². The molecule has 1 N–H and O–H groups in total. The fourth-order valence-corrected chi connectivity index (χ4v) is 4.88. The fourth-order valence-electron chi connectivity index (χ4n) is 3.58. The summed E-state index contributed by atoms with van der Waals surface area (Å²) < 4.78 is 12.9. The van der Waals surface area contributed by atoms with Crippen molar-refractivity contribution in [3.05, 3.63) is 77.0 Å². The third kappa shape index (κ3) is 4.82. The Morgan fingerprint density at radius 2 is 2.00 bits per heavy atom. The zero-order valence-electron chi connectivity index (χ0n) is 18.0. The molecule has 8 nitrogen and oxygen atoms in total. The number of hydrogen-bond donors (Lipinski definition) is 1. The second kappa shape index (κ2) is 9.70. The maximum atomic E-state index is 12.8. The van der Waals surface area contributed by atoms with Gasteiger partial charge in [0.25, 0.3) is 5.91 Å². The van der Waals surface area contributed by atoms with Gasteiger partial charge < -0.3 is 14.8 Å². The van der Waals surface area contributed by atoms with Gasteiger partial charge in [-0.05, 0) is 41.5 Å². The minimum absolute atomic E-state index is 0.144. The lowest BCUT2D eigenvalue weighted by atomic mass is 10.2. The first kappa shape index (κ1) is 22.2. The standard InChI is InChI=1S/C24H20N4O4S2/c29-22(12-17-13-26-28(14-17)18-4-2-1-3-5-18)25-8-9-27-23(30)21(34-24(27)33)11-16-6-7-19-20(10-16)32-15-31-19/h1-7,10-11,13-14H,8-9,12,15H2,(H,25,29)/b21-11+. The molecule has 1 saturated heterocycles. The predicted molar refractivity (Wildman–Crippen MR) is 133 cm³/mol. The van der Waals surface area contributed by atoms with E-state index in [9.17, 15) is 9.59 Å². The van der Waals surface area contributed by atoms with E-state index in [4.69, 9.17) is 21.7 Å². The lowest BCUT2D eigenvalue weighted by Gasteiger charge is -2.14. The monoisotopic (exact) mass is 492 g/mol. The van der Waals surface area contributed by atoms with E-state index in [-0.39, 0.29) is 25.0 Å². The van der Waals surface area contributed by atoms with Gasteiger partial charge in [0, 0.05) is 19.3 Å². The highest BCUT2D eigenvalue weighted by Gasteiger charge is 2.31. The van der Waals surface area contributed by atoms with E-state index in [2.05, 4.69) is 10.4 Å². The molecule has 0 aliphatic carbocycles. The Balaban J connectivity index is 1.13. The van der Waals surface area contributed by atoms with Gasteiger partial charge in [-0.25, -0.2) is 4.68 Å². The molecule has 10 heteroatoms. The molecule has 34 heavy (non-hydrogen) atoms. The third-order valence-corrected chi connectivity index (χ3v) is 6.62. The quantitative estimate of drug-likeness (QED) is 0.401. The molecule has 0 bridgehead atoms. The number of nitrogens with zero attached hydrogens (tertiary/aromatic N) is 3. The van der Waals surface area contributed by atoms with Gasteiger partial charge in [0.15, 0.2) is 11.5 Å². The second-order valence-corrected chi connectivity index (χ2v) is 9.28. The molecule has 1 fully saturated rings. The van der Waals surface area contributed by atoms with Crippen molar-refractivity contribution >= 4 is 46.2 Å². The Morgan fingerprint density at radius 3 is 2.85 bits per heavy atom. The van der Waals surface area contributed by atoms with Gasteiger partial charge in [0.1, 0.15) is 4.32 Å². The molecule has 2 aliphatic rings. The number of ether oxygens (including phenoxy) is 2. The highest BCUT2D eigenvalue weighted by atomic mass is 32.2. The molecule has 2 aliphatic heterocycles. The molecule has 0 saturated carbocycles. The van der Waals surface area contributed by atoms with Crippen LogP contribution >= 0.6 is 24.0 Å². The number of hydrogen-bond acceptors (Lipinski definition) is 7. The Bertz CT molecular complexity index is 1290. The number of carbonyl (C=O) groups excluding carboxylic acids is 2. The highest BCUT2D eigenvalue weighted by Crippen LogP contribution is 2.36. The van der Waals surface area contributed by atoms with Gasteiger partial charge in [-0.2, -0.15) is 5.10 Å².